The number of aromatic nitrogens is 3. The maximum atomic E-state index is 12.4. The van der Waals surface area contributed by atoms with Gasteiger partial charge in [0.15, 0.2) is 0 Å². The number of hydrogen-bond acceptors (Lipinski definition) is 5. The van der Waals surface area contributed by atoms with Gasteiger partial charge in [-0.15, -0.1) is 5.10 Å². The van der Waals surface area contributed by atoms with Gasteiger partial charge >= 0.3 is 0 Å². The van der Waals surface area contributed by atoms with E-state index in [1.165, 1.54) is 4.31 Å². The average molecular weight is 294 g/mol. The molecule has 1 fully saturated rings. The lowest BCUT2D eigenvalue weighted by atomic mass is 10.2. The van der Waals surface area contributed by atoms with Crippen LogP contribution in [0.5, 0.6) is 5.75 Å². The van der Waals surface area contributed by atoms with E-state index in [2.05, 4.69) is 10.3 Å². The lowest BCUT2D eigenvalue weighted by molar-refractivity contribution is 0.189. The van der Waals surface area contributed by atoms with E-state index < -0.39 is 10.0 Å². The fraction of sp³-hybridized carbons (Fsp3) is 0.333. The largest absolute Gasteiger partial charge is 0.497 e. The van der Waals surface area contributed by atoms with Crippen LogP contribution in [0.4, 0.5) is 0 Å². The summed E-state index contributed by atoms with van der Waals surface area (Å²) in [4.78, 5) is 0.273. The molecule has 0 saturated carbocycles. The molecule has 8 heteroatoms. The first-order valence-electron chi connectivity index (χ1n) is 6.11. The molecule has 0 radical (unpaired) electrons. The maximum Gasteiger partial charge on any atom is 0.243 e. The van der Waals surface area contributed by atoms with Crippen molar-refractivity contribution in [1.29, 1.82) is 0 Å². The zero-order valence-electron chi connectivity index (χ0n) is 10.9. The van der Waals surface area contributed by atoms with Crippen LogP contribution in [-0.4, -0.2) is 47.9 Å². The monoisotopic (exact) mass is 294 g/mol. The smallest absolute Gasteiger partial charge is 0.243 e. The van der Waals surface area contributed by atoms with Crippen molar-refractivity contribution >= 4 is 10.0 Å². The van der Waals surface area contributed by atoms with E-state index in [4.69, 9.17) is 4.74 Å². The number of methoxy groups -OCH3 is 1. The molecule has 0 N–H and O–H groups in total. The molecule has 1 aliphatic rings. The van der Waals surface area contributed by atoms with Gasteiger partial charge in [-0.05, 0) is 24.3 Å². The Bertz CT molecular complexity index is 676. The Morgan fingerprint density at radius 3 is 2.50 bits per heavy atom. The summed E-state index contributed by atoms with van der Waals surface area (Å²) in [6.07, 6.45) is 3.32. The number of benzene rings is 1. The molecule has 0 bridgehead atoms. The summed E-state index contributed by atoms with van der Waals surface area (Å²) in [6.45, 7) is 0.829. The molecule has 2 aromatic rings. The molecule has 0 spiro atoms. The van der Waals surface area contributed by atoms with Crippen LogP contribution in [0.1, 0.15) is 6.04 Å². The number of hydrogen-bond donors (Lipinski definition) is 0. The molecule has 1 saturated heterocycles. The Kier molecular flexibility index (Phi) is 3.19. The van der Waals surface area contributed by atoms with Gasteiger partial charge in [0.2, 0.25) is 10.0 Å². The van der Waals surface area contributed by atoms with Crippen molar-refractivity contribution in [3.63, 3.8) is 0 Å². The van der Waals surface area contributed by atoms with Gasteiger partial charge in [-0.25, -0.2) is 13.1 Å². The fourth-order valence-corrected chi connectivity index (χ4v) is 3.60. The zero-order valence-corrected chi connectivity index (χ0v) is 11.7. The molecule has 2 heterocycles. The summed E-state index contributed by atoms with van der Waals surface area (Å²) in [5.41, 5.74) is 0. The van der Waals surface area contributed by atoms with Gasteiger partial charge in [-0.2, -0.15) is 4.31 Å². The Balaban J connectivity index is 1.73. The Labute approximate surface area is 116 Å². The Morgan fingerprint density at radius 1 is 1.25 bits per heavy atom. The Hall–Kier alpha value is -1.93. The summed E-state index contributed by atoms with van der Waals surface area (Å²) in [5, 5.41) is 7.60. The predicted molar refractivity (Wildman–Crippen MR) is 70.8 cm³/mol. The lowest BCUT2D eigenvalue weighted by Crippen LogP contribution is -2.50. The number of sulfonamides is 1. The third kappa shape index (κ3) is 2.16. The molecule has 0 unspecified atom stereocenters. The summed E-state index contributed by atoms with van der Waals surface area (Å²) < 4.78 is 32.9. The van der Waals surface area contributed by atoms with Crippen LogP contribution < -0.4 is 4.74 Å². The minimum atomic E-state index is -3.43. The standard InChI is InChI=1S/C12H14N4O3S/c1-19-11-2-4-12(5-3-11)20(17,18)15-8-10(9-15)16-7-6-13-14-16/h2-7,10H,8-9H2,1H3. The predicted octanol–water partition coefficient (Wildman–Crippen LogP) is 0.532. The van der Waals surface area contributed by atoms with E-state index in [1.807, 2.05) is 0 Å². The first kappa shape index (κ1) is 13.1. The van der Waals surface area contributed by atoms with Crippen LogP contribution >= 0.6 is 0 Å². The fourth-order valence-electron chi connectivity index (χ4n) is 2.09. The van der Waals surface area contributed by atoms with Crippen molar-refractivity contribution in [2.24, 2.45) is 0 Å². The summed E-state index contributed by atoms with van der Waals surface area (Å²) in [5.74, 6) is 0.632. The SMILES string of the molecule is COc1ccc(S(=O)(=O)N2CC(n3ccnn3)C2)cc1. The number of nitrogens with zero attached hydrogens (tertiary/aromatic N) is 4. The summed E-state index contributed by atoms with van der Waals surface area (Å²) in [6, 6.07) is 6.45. The van der Waals surface area contributed by atoms with Crippen molar-refractivity contribution in [3.8, 4) is 5.75 Å². The molecule has 1 aromatic heterocycles. The molecule has 7 nitrogen and oxygen atoms in total. The molecule has 3 rings (SSSR count). The van der Waals surface area contributed by atoms with Gasteiger partial charge in [0.1, 0.15) is 5.75 Å². The van der Waals surface area contributed by atoms with E-state index in [9.17, 15) is 8.42 Å². The van der Waals surface area contributed by atoms with Crippen LogP contribution in [0.2, 0.25) is 0 Å². The van der Waals surface area contributed by atoms with Crippen LogP contribution in [0.15, 0.2) is 41.6 Å². The first-order chi connectivity index (χ1) is 9.61. The molecule has 0 atom stereocenters. The van der Waals surface area contributed by atoms with E-state index in [0.717, 1.165) is 0 Å². The van der Waals surface area contributed by atoms with Crippen molar-refractivity contribution in [2.45, 2.75) is 10.9 Å². The Morgan fingerprint density at radius 2 is 1.95 bits per heavy atom. The minimum Gasteiger partial charge on any atom is -0.497 e. The molecule has 1 aliphatic heterocycles. The minimum absolute atomic E-state index is 0.0607. The van der Waals surface area contributed by atoms with Gasteiger partial charge < -0.3 is 4.74 Å². The van der Waals surface area contributed by atoms with Gasteiger partial charge in [0.05, 0.1) is 24.2 Å². The number of ether oxygens (including phenoxy) is 1. The zero-order chi connectivity index (χ0) is 14.2. The van der Waals surface area contributed by atoms with E-state index in [1.54, 1.807) is 48.5 Å². The van der Waals surface area contributed by atoms with Gasteiger partial charge in [-0.3, -0.25) is 0 Å². The lowest BCUT2D eigenvalue weighted by Gasteiger charge is -2.37. The second-order valence-electron chi connectivity index (χ2n) is 4.53. The van der Waals surface area contributed by atoms with Gasteiger partial charge in [0.25, 0.3) is 0 Å². The third-order valence-electron chi connectivity index (χ3n) is 3.34. The van der Waals surface area contributed by atoms with Crippen LogP contribution in [-0.2, 0) is 10.0 Å². The van der Waals surface area contributed by atoms with Crippen LogP contribution in [0.3, 0.4) is 0 Å². The molecule has 1 aromatic carbocycles. The first-order valence-corrected chi connectivity index (χ1v) is 7.55. The maximum absolute atomic E-state index is 12.4. The number of rotatable bonds is 4. The summed E-state index contributed by atoms with van der Waals surface area (Å²) >= 11 is 0. The molecule has 0 amide bonds. The van der Waals surface area contributed by atoms with Crippen LogP contribution in [0.25, 0.3) is 0 Å². The van der Waals surface area contributed by atoms with E-state index >= 15 is 0 Å². The quantitative estimate of drug-likeness (QED) is 0.822. The highest BCUT2D eigenvalue weighted by Crippen LogP contribution is 2.28. The topological polar surface area (TPSA) is 77.3 Å². The second kappa shape index (κ2) is 4.88. The molecule has 20 heavy (non-hydrogen) atoms. The van der Waals surface area contributed by atoms with E-state index in [-0.39, 0.29) is 10.9 Å². The second-order valence-corrected chi connectivity index (χ2v) is 6.47. The molecule has 0 aliphatic carbocycles. The highest BCUT2D eigenvalue weighted by Gasteiger charge is 2.38. The average Bonchev–Trinajstić information content (AvgIpc) is 2.90. The van der Waals surface area contributed by atoms with Gasteiger partial charge in [0, 0.05) is 19.3 Å². The van der Waals surface area contributed by atoms with Crippen molar-refractivity contribution in [3.05, 3.63) is 36.7 Å². The van der Waals surface area contributed by atoms with Crippen molar-refractivity contribution < 1.29 is 13.2 Å². The van der Waals surface area contributed by atoms with Crippen LogP contribution in [0, 0.1) is 0 Å². The third-order valence-corrected chi connectivity index (χ3v) is 5.19. The van der Waals surface area contributed by atoms with E-state index in [0.29, 0.717) is 18.8 Å². The van der Waals surface area contributed by atoms with Crippen molar-refractivity contribution in [2.75, 3.05) is 20.2 Å². The highest BCUT2D eigenvalue weighted by molar-refractivity contribution is 7.89. The van der Waals surface area contributed by atoms with Crippen molar-refractivity contribution in [1.82, 2.24) is 19.3 Å². The summed E-state index contributed by atoms with van der Waals surface area (Å²) in [7, 11) is -1.89. The molecular formula is C12H14N4O3S. The van der Waals surface area contributed by atoms with Gasteiger partial charge in [-0.1, -0.05) is 5.21 Å². The molecular weight excluding hydrogens is 280 g/mol. The highest BCUT2D eigenvalue weighted by atomic mass is 32.2. The normalized spacial score (nSPS) is 16.9. The molecule has 106 valence electrons.